The number of nitro groups is 1. The predicted octanol–water partition coefficient (Wildman–Crippen LogP) is 2.21. The zero-order valence-electron chi connectivity index (χ0n) is 18.1. The van der Waals surface area contributed by atoms with Gasteiger partial charge >= 0.3 is 0 Å². The second-order valence-corrected chi connectivity index (χ2v) is 8.41. The van der Waals surface area contributed by atoms with Crippen molar-refractivity contribution in [3.05, 3.63) is 63.8 Å². The average molecular weight is 448 g/mol. The van der Waals surface area contributed by atoms with Crippen molar-refractivity contribution in [3.8, 4) is 0 Å². The fourth-order valence-corrected chi connectivity index (χ4v) is 4.62. The molecule has 10 heteroatoms. The van der Waals surface area contributed by atoms with E-state index in [4.69, 9.17) is 0 Å². The first-order chi connectivity index (χ1) is 16.0. The van der Waals surface area contributed by atoms with Crippen molar-refractivity contribution < 1.29 is 14.5 Å². The minimum atomic E-state index is -0.409. The Kier molecular flexibility index (Phi) is 5.51. The third-order valence-electron chi connectivity index (χ3n) is 6.38. The first-order valence-corrected chi connectivity index (χ1v) is 11.0. The zero-order valence-corrected chi connectivity index (χ0v) is 18.1. The molecule has 170 valence electrons. The molecule has 2 aromatic carbocycles. The van der Waals surface area contributed by atoms with Gasteiger partial charge in [0.05, 0.1) is 17.0 Å². The minimum absolute atomic E-state index is 0.0251. The third kappa shape index (κ3) is 4.05. The van der Waals surface area contributed by atoms with Crippen LogP contribution in [0.1, 0.15) is 22.5 Å². The number of non-ortho nitro benzene ring substituents is 1. The second kappa shape index (κ2) is 8.62. The summed E-state index contributed by atoms with van der Waals surface area (Å²) in [5.41, 5.74) is 2.90. The Morgan fingerprint density at radius 1 is 1.06 bits per heavy atom. The van der Waals surface area contributed by atoms with Crippen molar-refractivity contribution in [2.45, 2.75) is 12.8 Å². The molecule has 0 atom stereocenters. The first-order valence-electron chi connectivity index (χ1n) is 11.0. The van der Waals surface area contributed by atoms with Gasteiger partial charge in [-0.25, -0.2) is 0 Å². The van der Waals surface area contributed by atoms with Crippen LogP contribution in [-0.2, 0) is 11.2 Å². The number of aromatic amines is 1. The Balaban J connectivity index is 1.21. The van der Waals surface area contributed by atoms with Gasteiger partial charge in [-0.3, -0.25) is 29.7 Å². The van der Waals surface area contributed by atoms with Crippen LogP contribution in [0.4, 0.5) is 11.4 Å². The molecule has 1 fully saturated rings. The maximum Gasteiger partial charge on any atom is 0.275 e. The molecule has 0 saturated carbocycles. The smallest absolute Gasteiger partial charge is 0.275 e. The van der Waals surface area contributed by atoms with E-state index in [-0.39, 0.29) is 24.0 Å². The van der Waals surface area contributed by atoms with Crippen LogP contribution in [-0.4, -0.2) is 76.0 Å². The lowest BCUT2D eigenvalue weighted by Gasteiger charge is -2.36. The molecule has 3 heterocycles. The summed E-state index contributed by atoms with van der Waals surface area (Å²) in [4.78, 5) is 42.2. The highest BCUT2D eigenvalue weighted by Crippen LogP contribution is 2.30. The van der Waals surface area contributed by atoms with E-state index in [0.29, 0.717) is 38.4 Å². The molecule has 2 aliphatic rings. The van der Waals surface area contributed by atoms with Crippen molar-refractivity contribution in [3.63, 3.8) is 0 Å². The van der Waals surface area contributed by atoms with Gasteiger partial charge in [0.1, 0.15) is 0 Å². The van der Waals surface area contributed by atoms with E-state index in [1.165, 1.54) is 6.07 Å². The molecular formula is C23H24N6O4. The SMILES string of the molecule is O=C(c1n[nH]c2ccccc12)N1CCN(CC(=O)N2CCCc3cc([N+](=O)[O-])ccc32)CC1. The van der Waals surface area contributed by atoms with E-state index in [2.05, 4.69) is 15.1 Å². The fourth-order valence-electron chi connectivity index (χ4n) is 4.62. The summed E-state index contributed by atoms with van der Waals surface area (Å²) < 4.78 is 0. The number of H-pyrrole nitrogens is 1. The van der Waals surface area contributed by atoms with E-state index in [1.807, 2.05) is 24.3 Å². The number of anilines is 1. The van der Waals surface area contributed by atoms with Crippen LogP contribution in [0.25, 0.3) is 10.9 Å². The Labute approximate surface area is 189 Å². The molecule has 0 unspecified atom stereocenters. The summed E-state index contributed by atoms with van der Waals surface area (Å²) >= 11 is 0. The van der Waals surface area contributed by atoms with Gasteiger partial charge in [0.25, 0.3) is 11.6 Å². The van der Waals surface area contributed by atoms with Crippen LogP contribution in [0.15, 0.2) is 42.5 Å². The molecule has 2 aliphatic heterocycles. The highest BCUT2D eigenvalue weighted by molar-refractivity contribution is 6.04. The third-order valence-corrected chi connectivity index (χ3v) is 6.38. The van der Waals surface area contributed by atoms with E-state index in [9.17, 15) is 19.7 Å². The van der Waals surface area contributed by atoms with Crippen LogP contribution < -0.4 is 4.90 Å². The van der Waals surface area contributed by atoms with Crippen LogP contribution in [0.2, 0.25) is 0 Å². The molecule has 5 rings (SSSR count). The number of nitrogens with one attached hydrogen (secondary N) is 1. The normalized spacial score (nSPS) is 16.6. The topological polar surface area (TPSA) is 116 Å². The summed E-state index contributed by atoms with van der Waals surface area (Å²) in [6, 6.07) is 12.2. The van der Waals surface area contributed by atoms with Crippen molar-refractivity contribution in [2.24, 2.45) is 0 Å². The number of carbonyl (C=O) groups excluding carboxylic acids is 2. The highest BCUT2D eigenvalue weighted by atomic mass is 16.6. The molecule has 1 aromatic heterocycles. The van der Waals surface area contributed by atoms with E-state index >= 15 is 0 Å². The van der Waals surface area contributed by atoms with Crippen LogP contribution in [0, 0.1) is 10.1 Å². The van der Waals surface area contributed by atoms with Gasteiger partial charge in [-0.2, -0.15) is 5.10 Å². The lowest BCUT2D eigenvalue weighted by molar-refractivity contribution is -0.384. The number of nitrogens with zero attached hydrogens (tertiary/aromatic N) is 5. The number of para-hydroxylation sites is 1. The molecule has 1 saturated heterocycles. The molecule has 0 radical (unpaired) electrons. The zero-order chi connectivity index (χ0) is 22.9. The van der Waals surface area contributed by atoms with Gasteiger partial charge < -0.3 is 9.80 Å². The number of aromatic nitrogens is 2. The average Bonchev–Trinajstić information content (AvgIpc) is 3.27. The van der Waals surface area contributed by atoms with Crippen molar-refractivity contribution >= 4 is 34.1 Å². The molecule has 10 nitrogen and oxygen atoms in total. The Bertz CT molecular complexity index is 1230. The Morgan fingerprint density at radius 2 is 1.85 bits per heavy atom. The van der Waals surface area contributed by atoms with Crippen LogP contribution >= 0.6 is 0 Å². The lowest BCUT2D eigenvalue weighted by Crippen LogP contribution is -2.52. The number of benzene rings is 2. The van der Waals surface area contributed by atoms with Crippen LogP contribution in [0.5, 0.6) is 0 Å². The number of hydrogen-bond donors (Lipinski definition) is 1. The van der Waals surface area contributed by atoms with Gasteiger partial charge in [0.15, 0.2) is 5.69 Å². The molecule has 0 spiro atoms. The maximum atomic E-state index is 13.1. The molecule has 3 aromatic rings. The van der Waals surface area contributed by atoms with E-state index in [1.54, 1.807) is 21.9 Å². The number of aryl methyl sites for hydroxylation is 1. The number of nitro benzene ring substituents is 1. The summed E-state index contributed by atoms with van der Waals surface area (Å²) in [6.45, 7) is 3.10. The van der Waals surface area contributed by atoms with Crippen LogP contribution in [0.3, 0.4) is 0 Å². The van der Waals surface area contributed by atoms with Crippen molar-refractivity contribution in [1.29, 1.82) is 0 Å². The maximum absolute atomic E-state index is 13.1. The van der Waals surface area contributed by atoms with Gasteiger partial charge in [-0.15, -0.1) is 0 Å². The largest absolute Gasteiger partial charge is 0.335 e. The number of amides is 2. The number of carbonyl (C=O) groups is 2. The summed E-state index contributed by atoms with van der Waals surface area (Å²) in [6.07, 6.45) is 1.50. The first kappa shape index (κ1) is 21.1. The van der Waals surface area contributed by atoms with Gasteiger partial charge in [0, 0.05) is 55.9 Å². The summed E-state index contributed by atoms with van der Waals surface area (Å²) in [7, 11) is 0. The number of fused-ring (bicyclic) bond motifs is 2. The fraction of sp³-hybridized carbons (Fsp3) is 0.348. The second-order valence-electron chi connectivity index (χ2n) is 8.41. The number of hydrogen-bond acceptors (Lipinski definition) is 6. The minimum Gasteiger partial charge on any atom is -0.335 e. The predicted molar refractivity (Wildman–Crippen MR) is 122 cm³/mol. The lowest BCUT2D eigenvalue weighted by atomic mass is 10.0. The van der Waals surface area contributed by atoms with Gasteiger partial charge in [0.2, 0.25) is 5.91 Å². The molecule has 2 amide bonds. The standard InChI is InChI=1S/C23H24N6O4/c30-21(28-9-3-4-16-14-17(29(32)33)7-8-20(16)28)15-26-10-12-27(13-11-26)23(31)22-18-5-1-2-6-19(18)24-25-22/h1-2,5-8,14H,3-4,9-13,15H2,(H,24,25). The molecular weight excluding hydrogens is 424 g/mol. The van der Waals surface area contributed by atoms with Crippen molar-refractivity contribution in [1.82, 2.24) is 20.0 Å². The quantitative estimate of drug-likeness (QED) is 0.483. The molecule has 0 bridgehead atoms. The monoisotopic (exact) mass is 448 g/mol. The Hall–Kier alpha value is -3.79. The summed E-state index contributed by atoms with van der Waals surface area (Å²) in [5.74, 6) is -0.132. The van der Waals surface area contributed by atoms with Gasteiger partial charge in [-0.05, 0) is 30.5 Å². The Morgan fingerprint density at radius 3 is 2.64 bits per heavy atom. The van der Waals surface area contributed by atoms with E-state index < -0.39 is 4.92 Å². The highest BCUT2D eigenvalue weighted by Gasteiger charge is 2.29. The molecule has 0 aliphatic carbocycles. The van der Waals surface area contributed by atoms with Crippen molar-refractivity contribution in [2.75, 3.05) is 44.2 Å². The van der Waals surface area contributed by atoms with Gasteiger partial charge in [-0.1, -0.05) is 18.2 Å². The summed E-state index contributed by atoms with van der Waals surface area (Å²) in [5, 5.41) is 19.0. The molecule has 33 heavy (non-hydrogen) atoms. The number of rotatable bonds is 4. The molecule has 1 N–H and O–H groups in total. The number of piperazine rings is 1. The van der Waals surface area contributed by atoms with E-state index in [0.717, 1.165) is 35.0 Å².